The summed E-state index contributed by atoms with van der Waals surface area (Å²) < 4.78 is 17.9. The molecular weight excluding hydrogens is 391 g/mol. The monoisotopic (exact) mass is 410 g/mol. The molecule has 30 heavy (non-hydrogen) atoms. The van der Waals surface area contributed by atoms with Gasteiger partial charge < -0.3 is 9.84 Å². The van der Waals surface area contributed by atoms with Crippen molar-refractivity contribution >= 4 is 29.0 Å². The topological polar surface area (TPSA) is 113 Å². The molecule has 1 amide bonds. The smallest absolute Gasteiger partial charge is 0.341 e. The Morgan fingerprint density at radius 3 is 2.63 bits per heavy atom. The Morgan fingerprint density at radius 2 is 1.97 bits per heavy atom. The molecule has 0 aliphatic carbocycles. The number of hydrazone groups is 1. The Kier molecular flexibility index (Phi) is 6.21. The van der Waals surface area contributed by atoms with Crippen LogP contribution in [-0.2, 0) is 16.0 Å². The number of ether oxygens (including phenoxy) is 1. The van der Waals surface area contributed by atoms with E-state index in [1.165, 1.54) is 38.4 Å². The fraction of sp³-hybridized carbons (Fsp3) is 0.143. The number of pyridine rings is 1. The molecule has 154 valence electrons. The molecule has 0 aliphatic rings. The summed E-state index contributed by atoms with van der Waals surface area (Å²) in [5.41, 5.74) is 6.96. The summed E-state index contributed by atoms with van der Waals surface area (Å²) >= 11 is 0. The number of phenolic OH excluding ortho intramolecular Hbond substituents is 1. The highest BCUT2D eigenvalue weighted by Gasteiger charge is 2.18. The van der Waals surface area contributed by atoms with Crippen molar-refractivity contribution in [3.63, 3.8) is 0 Å². The van der Waals surface area contributed by atoms with Crippen molar-refractivity contribution < 1.29 is 23.8 Å². The van der Waals surface area contributed by atoms with Gasteiger partial charge in [0.25, 0.3) is 0 Å². The number of hydrogen-bond acceptors (Lipinski definition) is 7. The van der Waals surface area contributed by atoms with E-state index in [1.54, 1.807) is 24.4 Å². The lowest BCUT2D eigenvalue weighted by Gasteiger charge is -2.11. The third-order valence-electron chi connectivity index (χ3n) is 4.26. The van der Waals surface area contributed by atoms with Crippen molar-refractivity contribution in [1.82, 2.24) is 15.9 Å². The second kappa shape index (κ2) is 8.99. The van der Waals surface area contributed by atoms with Gasteiger partial charge in [-0.05, 0) is 41.8 Å². The molecule has 0 atom stereocenters. The number of aromatic hydroxyl groups is 1. The molecule has 0 spiro atoms. The minimum atomic E-state index is -0.726. The van der Waals surface area contributed by atoms with Crippen molar-refractivity contribution in [1.29, 1.82) is 0 Å². The van der Waals surface area contributed by atoms with Gasteiger partial charge in [0.15, 0.2) is 5.75 Å². The highest BCUT2D eigenvalue weighted by Crippen LogP contribution is 2.31. The van der Waals surface area contributed by atoms with Crippen LogP contribution >= 0.6 is 0 Å². The van der Waals surface area contributed by atoms with E-state index in [1.807, 2.05) is 0 Å². The zero-order valence-electron chi connectivity index (χ0n) is 16.3. The highest BCUT2D eigenvalue weighted by molar-refractivity contribution is 6.07. The van der Waals surface area contributed by atoms with Crippen LogP contribution in [0.25, 0.3) is 10.9 Å². The molecular formula is C21H19FN4O4. The standard InChI is InChI=1S/C21H19FN4O4/c1-12(27)25-26-24-11-15-9-18(21(29)30-2)20(28)19-17(15)8-14(10-23-19)7-13-3-5-16(22)6-4-13/h3-6,8-11,26,28H,7H2,1-2H3,(H,25,27). The average molecular weight is 410 g/mol. The van der Waals surface area contributed by atoms with Gasteiger partial charge in [-0.1, -0.05) is 12.1 Å². The second-order valence-corrected chi connectivity index (χ2v) is 6.45. The molecule has 0 saturated heterocycles. The first kappa shape index (κ1) is 20.7. The van der Waals surface area contributed by atoms with Crippen LogP contribution in [0.1, 0.15) is 34.0 Å². The van der Waals surface area contributed by atoms with Gasteiger partial charge >= 0.3 is 5.97 Å². The third-order valence-corrected chi connectivity index (χ3v) is 4.26. The number of aromatic nitrogens is 1. The molecule has 0 radical (unpaired) electrons. The first-order chi connectivity index (χ1) is 14.4. The number of carbonyl (C=O) groups is 2. The predicted molar refractivity (Wildman–Crippen MR) is 108 cm³/mol. The number of amides is 1. The van der Waals surface area contributed by atoms with Crippen molar-refractivity contribution in [3.8, 4) is 5.75 Å². The molecule has 0 bridgehead atoms. The normalized spacial score (nSPS) is 10.9. The van der Waals surface area contributed by atoms with Gasteiger partial charge in [-0.2, -0.15) is 5.10 Å². The van der Waals surface area contributed by atoms with E-state index in [-0.39, 0.29) is 28.6 Å². The first-order valence-corrected chi connectivity index (χ1v) is 8.91. The van der Waals surface area contributed by atoms with E-state index in [9.17, 15) is 19.1 Å². The Hall–Kier alpha value is -4.01. The van der Waals surface area contributed by atoms with Gasteiger partial charge in [0.2, 0.25) is 5.91 Å². The molecule has 0 fully saturated rings. The number of nitrogens with zero attached hydrogens (tertiary/aromatic N) is 2. The van der Waals surface area contributed by atoms with Crippen LogP contribution in [0.15, 0.2) is 47.7 Å². The lowest BCUT2D eigenvalue weighted by atomic mass is 9.99. The van der Waals surface area contributed by atoms with Gasteiger partial charge in [-0.15, -0.1) is 0 Å². The third kappa shape index (κ3) is 4.69. The number of carbonyl (C=O) groups excluding carboxylic acids is 2. The highest BCUT2D eigenvalue weighted by atomic mass is 19.1. The zero-order chi connectivity index (χ0) is 21.7. The SMILES string of the molecule is COC(=O)c1cc(C=NNNC(C)=O)c2cc(Cc3ccc(F)cc3)cnc2c1O. The largest absolute Gasteiger partial charge is 0.505 e. The summed E-state index contributed by atoms with van der Waals surface area (Å²) in [5, 5.41) is 14.9. The quantitative estimate of drug-likeness (QED) is 0.327. The number of benzene rings is 2. The van der Waals surface area contributed by atoms with Crippen LogP contribution in [0.5, 0.6) is 5.75 Å². The number of esters is 1. The fourth-order valence-electron chi connectivity index (χ4n) is 2.87. The van der Waals surface area contributed by atoms with E-state index in [4.69, 9.17) is 4.74 Å². The molecule has 0 aliphatic heterocycles. The van der Waals surface area contributed by atoms with Crippen molar-refractivity contribution in [2.75, 3.05) is 7.11 Å². The molecule has 1 aromatic heterocycles. The minimum absolute atomic E-state index is 0.0650. The Labute approximate surface area is 171 Å². The van der Waals surface area contributed by atoms with E-state index >= 15 is 0 Å². The van der Waals surface area contributed by atoms with Crippen molar-refractivity contribution in [2.24, 2.45) is 5.10 Å². The van der Waals surface area contributed by atoms with Crippen LogP contribution in [0.3, 0.4) is 0 Å². The number of methoxy groups -OCH3 is 1. The molecule has 1 heterocycles. The number of hydrogen-bond donors (Lipinski definition) is 3. The summed E-state index contributed by atoms with van der Waals surface area (Å²) in [6, 6.07) is 9.33. The molecule has 0 saturated carbocycles. The maximum absolute atomic E-state index is 13.1. The number of hydrazine groups is 1. The number of fused-ring (bicyclic) bond motifs is 1. The van der Waals surface area contributed by atoms with Gasteiger partial charge in [-0.25, -0.2) is 14.7 Å². The average Bonchev–Trinajstić information content (AvgIpc) is 2.73. The lowest BCUT2D eigenvalue weighted by molar-refractivity contribution is -0.119. The van der Waals surface area contributed by atoms with Gasteiger partial charge in [0.1, 0.15) is 16.9 Å². The summed E-state index contributed by atoms with van der Waals surface area (Å²) in [4.78, 5) is 27.3. The van der Waals surface area contributed by atoms with Crippen LogP contribution < -0.4 is 11.0 Å². The summed E-state index contributed by atoms with van der Waals surface area (Å²) in [7, 11) is 1.21. The first-order valence-electron chi connectivity index (χ1n) is 8.91. The molecule has 2 aromatic carbocycles. The molecule has 3 rings (SSSR count). The molecule has 0 unspecified atom stereocenters. The van der Waals surface area contributed by atoms with E-state index < -0.39 is 5.97 Å². The Bertz CT molecular complexity index is 1130. The van der Waals surface area contributed by atoms with Crippen LogP contribution in [0, 0.1) is 5.82 Å². The van der Waals surface area contributed by atoms with E-state index in [2.05, 4.69) is 21.0 Å². The molecule has 9 heteroatoms. The number of rotatable bonds is 6. The summed E-state index contributed by atoms with van der Waals surface area (Å²) in [6.45, 7) is 1.32. The molecule has 3 N–H and O–H groups in total. The van der Waals surface area contributed by atoms with Crippen molar-refractivity contribution in [2.45, 2.75) is 13.3 Å². The second-order valence-electron chi connectivity index (χ2n) is 6.45. The minimum Gasteiger partial charge on any atom is -0.505 e. The lowest BCUT2D eigenvalue weighted by Crippen LogP contribution is -2.31. The van der Waals surface area contributed by atoms with E-state index in [0.29, 0.717) is 17.4 Å². The summed E-state index contributed by atoms with van der Waals surface area (Å²) in [5.74, 6) is -1.68. The number of phenols is 1. The van der Waals surface area contributed by atoms with Crippen molar-refractivity contribution in [3.05, 3.63) is 70.7 Å². The molecule has 8 nitrogen and oxygen atoms in total. The van der Waals surface area contributed by atoms with Crippen LogP contribution in [-0.4, -0.2) is 35.3 Å². The fourth-order valence-corrected chi connectivity index (χ4v) is 2.87. The number of halogens is 1. The van der Waals surface area contributed by atoms with Crippen LogP contribution in [0.4, 0.5) is 4.39 Å². The zero-order valence-corrected chi connectivity index (χ0v) is 16.3. The number of nitrogens with one attached hydrogen (secondary N) is 2. The predicted octanol–water partition coefficient (Wildman–Crippen LogP) is 2.43. The van der Waals surface area contributed by atoms with Gasteiger partial charge in [0, 0.05) is 24.1 Å². The Morgan fingerprint density at radius 1 is 1.23 bits per heavy atom. The summed E-state index contributed by atoms with van der Waals surface area (Å²) in [6.07, 6.45) is 3.44. The maximum atomic E-state index is 13.1. The van der Waals surface area contributed by atoms with Crippen LogP contribution in [0.2, 0.25) is 0 Å². The maximum Gasteiger partial charge on any atom is 0.341 e. The Balaban J connectivity index is 2.05. The van der Waals surface area contributed by atoms with E-state index in [0.717, 1.165) is 11.1 Å². The molecule has 3 aromatic rings. The van der Waals surface area contributed by atoms with Gasteiger partial charge in [-0.3, -0.25) is 15.2 Å². The van der Waals surface area contributed by atoms with Gasteiger partial charge in [0.05, 0.1) is 13.3 Å².